The van der Waals surface area contributed by atoms with Crippen molar-refractivity contribution in [2.75, 3.05) is 26.2 Å². The van der Waals surface area contributed by atoms with Crippen molar-refractivity contribution in [2.45, 2.75) is 45.2 Å². The number of rotatable bonds is 9. The minimum atomic E-state index is -0.796. The Morgan fingerprint density at radius 3 is 2.62 bits per heavy atom. The molecule has 24 heavy (non-hydrogen) atoms. The molecule has 0 atom stereocenters. The normalized spacial score (nSPS) is 19.8. The molecule has 2 amide bonds. The van der Waals surface area contributed by atoms with Crippen molar-refractivity contribution in [3.05, 3.63) is 22.4 Å². The second kappa shape index (κ2) is 9.03. The van der Waals surface area contributed by atoms with Crippen LogP contribution in [0.3, 0.4) is 0 Å². The number of nitrogens with one attached hydrogen (secondary N) is 1. The predicted molar refractivity (Wildman–Crippen MR) is 95.5 cm³/mol. The Balaban J connectivity index is 1.73. The van der Waals surface area contributed by atoms with Crippen molar-refractivity contribution in [1.29, 1.82) is 0 Å². The molecule has 1 aliphatic carbocycles. The highest BCUT2D eigenvalue weighted by Gasteiger charge is 2.35. The van der Waals surface area contributed by atoms with Gasteiger partial charge in [-0.1, -0.05) is 13.0 Å². The highest BCUT2D eigenvalue weighted by molar-refractivity contribution is 7.09. The molecule has 134 valence electrons. The number of carboxylic acids is 1. The summed E-state index contributed by atoms with van der Waals surface area (Å²) in [6.07, 6.45) is 2.54. The van der Waals surface area contributed by atoms with E-state index in [4.69, 9.17) is 5.11 Å². The molecule has 0 unspecified atom stereocenters. The molecule has 0 saturated heterocycles. The summed E-state index contributed by atoms with van der Waals surface area (Å²) in [6.45, 7) is 6.16. The van der Waals surface area contributed by atoms with E-state index >= 15 is 0 Å². The van der Waals surface area contributed by atoms with E-state index in [1.807, 2.05) is 29.7 Å². The molecule has 0 spiro atoms. The number of carboxylic acid groups (broad SMARTS) is 1. The zero-order chi connectivity index (χ0) is 17.5. The van der Waals surface area contributed by atoms with Gasteiger partial charge in [0.05, 0.1) is 6.54 Å². The topological polar surface area (TPSA) is 72.9 Å². The number of urea groups is 1. The van der Waals surface area contributed by atoms with Crippen molar-refractivity contribution in [3.63, 3.8) is 0 Å². The number of amides is 2. The smallest absolute Gasteiger partial charge is 0.317 e. The van der Waals surface area contributed by atoms with Gasteiger partial charge in [0.2, 0.25) is 0 Å². The highest BCUT2D eigenvalue weighted by atomic mass is 32.1. The molecular formula is C17H27N3O3S. The monoisotopic (exact) mass is 353 g/mol. The first-order valence-electron chi connectivity index (χ1n) is 8.57. The summed E-state index contributed by atoms with van der Waals surface area (Å²) in [5.41, 5.74) is 0. The molecule has 1 saturated carbocycles. The van der Waals surface area contributed by atoms with Crippen LogP contribution in [0, 0.1) is 0 Å². The number of carbonyl (C=O) groups is 2. The molecule has 0 aromatic carbocycles. The first-order chi connectivity index (χ1) is 11.5. The zero-order valence-corrected chi connectivity index (χ0v) is 15.2. The van der Waals surface area contributed by atoms with Crippen molar-refractivity contribution in [1.82, 2.24) is 15.1 Å². The third-order valence-corrected chi connectivity index (χ3v) is 5.52. The quantitative estimate of drug-likeness (QED) is 0.714. The first kappa shape index (κ1) is 18.7. The van der Waals surface area contributed by atoms with E-state index in [9.17, 15) is 9.59 Å². The number of nitrogens with zero attached hydrogens (tertiary/aromatic N) is 2. The second-order valence-electron chi connectivity index (χ2n) is 6.14. The lowest BCUT2D eigenvalue weighted by molar-refractivity contribution is -0.139. The van der Waals surface area contributed by atoms with Gasteiger partial charge in [-0.25, -0.2) is 4.79 Å². The Hall–Kier alpha value is -1.60. The van der Waals surface area contributed by atoms with Crippen molar-refractivity contribution >= 4 is 23.3 Å². The fraction of sp³-hybridized carbons (Fsp3) is 0.647. The average Bonchev–Trinajstić information content (AvgIpc) is 3.02. The Morgan fingerprint density at radius 2 is 2.08 bits per heavy atom. The summed E-state index contributed by atoms with van der Waals surface area (Å²) in [7, 11) is 0. The van der Waals surface area contributed by atoms with E-state index in [0.717, 1.165) is 32.4 Å². The summed E-state index contributed by atoms with van der Waals surface area (Å²) >= 11 is 1.72. The Labute approximate surface area is 147 Å². The molecule has 0 aliphatic heterocycles. The van der Waals surface area contributed by atoms with Crippen LogP contribution < -0.4 is 5.32 Å². The van der Waals surface area contributed by atoms with Crippen LogP contribution in [0.2, 0.25) is 0 Å². The number of hydrogen-bond acceptors (Lipinski definition) is 4. The van der Waals surface area contributed by atoms with Gasteiger partial charge in [-0.05, 0) is 44.2 Å². The van der Waals surface area contributed by atoms with Gasteiger partial charge in [-0.15, -0.1) is 11.3 Å². The second-order valence-corrected chi connectivity index (χ2v) is 7.17. The fourth-order valence-electron chi connectivity index (χ4n) is 3.05. The fourth-order valence-corrected chi connectivity index (χ4v) is 3.74. The van der Waals surface area contributed by atoms with Crippen LogP contribution in [0.15, 0.2) is 17.5 Å². The summed E-state index contributed by atoms with van der Waals surface area (Å²) in [5.74, 6) is -0.796. The van der Waals surface area contributed by atoms with Gasteiger partial charge in [-0.2, -0.15) is 0 Å². The van der Waals surface area contributed by atoms with Crippen LogP contribution in [0.25, 0.3) is 0 Å². The van der Waals surface area contributed by atoms with E-state index in [1.54, 1.807) is 11.3 Å². The van der Waals surface area contributed by atoms with Crippen LogP contribution >= 0.6 is 11.3 Å². The van der Waals surface area contributed by atoms with E-state index in [2.05, 4.69) is 16.8 Å². The van der Waals surface area contributed by atoms with E-state index in [-0.39, 0.29) is 24.7 Å². The molecule has 7 heteroatoms. The zero-order valence-electron chi connectivity index (χ0n) is 14.4. The SMILES string of the molecule is CCN(CCc1cccs1)C(=O)NC1CC(N(CC)CC(=O)O)C1. The number of thiophene rings is 1. The molecular weight excluding hydrogens is 326 g/mol. The number of hydrogen-bond donors (Lipinski definition) is 2. The van der Waals surface area contributed by atoms with Gasteiger partial charge < -0.3 is 15.3 Å². The summed E-state index contributed by atoms with van der Waals surface area (Å²) in [5, 5.41) is 14.0. The predicted octanol–water partition coefficient (Wildman–Crippen LogP) is 2.26. The highest BCUT2D eigenvalue weighted by Crippen LogP contribution is 2.25. The molecule has 0 bridgehead atoms. The maximum absolute atomic E-state index is 12.4. The van der Waals surface area contributed by atoms with Crippen LogP contribution in [-0.4, -0.2) is 65.2 Å². The summed E-state index contributed by atoms with van der Waals surface area (Å²) < 4.78 is 0. The maximum atomic E-state index is 12.4. The van der Waals surface area contributed by atoms with Gasteiger partial charge in [0.25, 0.3) is 0 Å². The molecule has 0 radical (unpaired) electrons. The van der Waals surface area contributed by atoms with Gasteiger partial charge >= 0.3 is 12.0 Å². The molecule has 1 heterocycles. The molecule has 1 aromatic heterocycles. The third kappa shape index (κ3) is 5.21. The van der Waals surface area contributed by atoms with E-state index in [0.29, 0.717) is 6.54 Å². The van der Waals surface area contributed by atoms with Crippen LogP contribution in [0.4, 0.5) is 4.79 Å². The molecule has 2 N–H and O–H groups in total. The number of likely N-dealkylation sites (N-methyl/N-ethyl adjacent to an activating group) is 2. The van der Waals surface area contributed by atoms with Gasteiger partial charge in [0.1, 0.15) is 0 Å². The Bertz CT molecular complexity index is 529. The molecule has 1 aliphatic rings. The average molecular weight is 353 g/mol. The van der Waals surface area contributed by atoms with Gasteiger partial charge in [-0.3, -0.25) is 9.69 Å². The van der Waals surface area contributed by atoms with Crippen LogP contribution in [-0.2, 0) is 11.2 Å². The van der Waals surface area contributed by atoms with Crippen LogP contribution in [0.5, 0.6) is 0 Å². The lowest BCUT2D eigenvalue weighted by atomic mass is 9.85. The summed E-state index contributed by atoms with van der Waals surface area (Å²) in [4.78, 5) is 28.3. The molecule has 1 fully saturated rings. The lowest BCUT2D eigenvalue weighted by Crippen LogP contribution is -2.57. The van der Waals surface area contributed by atoms with Gasteiger partial charge in [0.15, 0.2) is 0 Å². The van der Waals surface area contributed by atoms with Crippen molar-refractivity contribution < 1.29 is 14.7 Å². The van der Waals surface area contributed by atoms with Crippen molar-refractivity contribution in [2.24, 2.45) is 0 Å². The molecule has 2 rings (SSSR count). The largest absolute Gasteiger partial charge is 0.480 e. The number of carbonyl (C=O) groups excluding carboxylic acids is 1. The van der Waals surface area contributed by atoms with E-state index in [1.165, 1.54) is 4.88 Å². The lowest BCUT2D eigenvalue weighted by Gasteiger charge is -2.42. The van der Waals surface area contributed by atoms with E-state index < -0.39 is 5.97 Å². The Morgan fingerprint density at radius 1 is 1.33 bits per heavy atom. The minimum Gasteiger partial charge on any atom is -0.480 e. The summed E-state index contributed by atoms with van der Waals surface area (Å²) in [6, 6.07) is 4.52. The third-order valence-electron chi connectivity index (χ3n) is 4.58. The van der Waals surface area contributed by atoms with Gasteiger partial charge in [0, 0.05) is 30.1 Å². The first-order valence-corrected chi connectivity index (χ1v) is 9.45. The van der Waals surface area contributed by atoms with Crippen LogP contribution in [0.1, 0.15) is 31.6 Å². The standard InChI is InChI=1S/C17H27N3O3S/c1-3-19(8-7-15-6-5-9-24-15)17(23)18-13-10-14(11-13)20(4-2)12-16(21)22/h5-6,9,13-14H,3-4,7-8,10-12H2,1-2H3,(H,18,23)(H,21,22). The number of aliphatic carboxylic acids is 1. The minimum absolute atomic E-state index is 0.0150. The molecule has 1 aromatic rings. The Kier molecular flexibility index (Phi) is 7.05. The maximum Gasteiger partial charge on any atom is 0.317 e. The molecule has 6 nitrogen and oxygen atoms in total. The van der Waals surface area contributed by atoms with Crippen molar-refractivity contribution in [3.8, 4) is 0 Å².